The van der Waals surface area contributed by atoms with Crippen LogP contribution in [0, 0.1) is 0 Å². The molecule has 0 aliphatic rings. The molecule has 3 aromatic rings. The average molecular weight is 352 g/mol. The van der Waals surface area contributed by atoms with Crippen LogP contribution in [-0.2, 0) is 4.79 Å². The fourth-order valence-electron chi connectivity index (χ4n) is 2.37. The standard InChI is InChI=1S/C20H20N2O2S/c1-3-14(2)15-6-8-16(9-7-15)18-13-25-20(21-18)22-19(23)11-10-17-5-4-12-24-17/h4-14H,3H2,1-2H3,(H,21,22,23). The van der Waals surface area contributed by atoms with Crippen LogP contribution >= 0.6 is 11.3 Å². The van der Waals surface area contributed by atoms with Crippen LogP contribution in [0.3, 0.4) is 0 Å². The first-order chi connectivity index (χ1) is 12.2. The number of nitrogens with one attached hydrogen (secondary N) is 1. The number of amides is 1. The number of furan rings is 1. The van der Waals surface area contributed by atoms with Crippen molar-refractivity contribution in [3.05, 3.63) is 65.4 Å². The lowest BCUT2D eigenvalue weighted by atomic mass is 9.97. The van der Waals surface area contributed by atoms with Crippen molar-refractivity contribution in [2.75, 3.05) is 5.32 Å². The molecule has 3 rings (SSSR count). The lowest BCUT2D eigenvalue weighted by Gasteiger charge is -2.08. The average Bonchev–Trinajstić information content (AvgIpc) is 3.31. The first kappa shape index (κ1) is 17.2. The van der Waals surface area contributed by atoms with Crippen LogP contribution in [0.5, 0.6) is 0 Å². The van der Waals surface area contributed by atoms with Gasteiger partial charge in [-0.3, -0.25) is 10.1 Å². The van der Waals surface area contributed by atoms with Gasteiger partial charge in [0, 0.05) is 17.0 Å². The molecule has 2 aromatic heterocycles. The van der Waals surface area contributed by atoms with Gasteiger partial charge in [-0.25, -0.2) is 4.98 Å². The van der Waals surface area contributed by atoms with Gasteiger partial charge in [-0.1, -0.05) is 38.1 Å². The molecule has 1 amide bonds. The number of hydrogen-bond donors (Lipinski definition) is 1. The third kappa shape index (κ3) is 4.45. The van der Waals surface area contributed by atoms with Gasteiger partial charge in [0.05, 0.1) is 12.0 Å². The Morgan fingerprint density at radius 3 is 2.80 bits per heavy atom. The number of rotatable bonds is 6. The lowest BCUT2D eigenvalue weighted by Crippen LogP contribution is -2.07. The van der Waals surface area contributed by atoms with Crippen LogP contribution < -0.4 is 5.32 Å². The zero-order valence-corrected chi connectivity index (χ0v) is 15.0. The smallest absolute Gasteiger partial charge is 0.250 e. The molecule has 0 aliphatic carbocycles. The molecule has 1 atom stereocenters. The number of aromatic nitrogens is 1. The van der Waals surface area contributed by atoms with E-state index in [1.807, 2.05) is 5.38 Å². The number of carbonyl (C=O) groups excluding carboxylic acids is 1. The first-order valence-electron chi connectivity index (χ1n) is 8.24. The first-order valence-corrected chi connectivity index (χ1v) is 9.12. The lowest BCUT2D eigenvalue weighted by molar-refractivity contribution is -0.111. The van der Waals surface area contributed by atoms with E-state index in [1.54, 1.807) is 24.5 Å². The van der Waals surface area contributed by atoms with Crippen LogP contribution in [0.2, 0.25) is 0 Å². The van der Waals surface area contributed by atoms with Gasteiger partial charge in [0.15, 0.2) is 5.13 Å². The predicted octanol–water partition coefficient (Wildman–Crippen LogP) is 5.57. The van der Waals surface area contributed by atoms with Gasteiger partial charge in [-0.2, -0.15) is 0 Å². The summed E-state index contributed by atoms with van der Waals surface area (Å²) in [5.74, 6) is 0.959. The van der Waals surface area contributed by atoms with Crippen molar-refractivity contribution in [2.24, 2.45) is 0 Å². The predicted molar refractivity (Wildman–Crippen MR) is 103 cm³/mol. The summed E-state index contributed by atoms with van der Waals surface area (Å²) in [6, 6.07) is 12.0. The Hall–Kier alpha value is -2.66. The second kappa shape index (κ2) is 7.94. The summed E-state index contributed by atoms with van der Waals surface area (Å²) < 4.78 is 5.15. The van der Waals surface area contributed by atoms with E-state index in [0.29, 0.717) is 16.8 Å². The minimum atomic E-state index is -0.232. The van der Waals surface area contributed by atoms with Crippen LogP contribution in [0.4, 0.5) is 5.13 Å². The number of hydrogen-bond acceptors (Lipinski definition) is 4. The van der Waals surface area contributed by atoms with E-state index in [2.05, 4.69) is 48.4 Å². The highest BCUT2D eigenvalue weighted by molar-refractivity contribution is 7.14. The van der Waals surface area contributed by atoms with Gasteiger partial charge < -0.3 is 4.42 Å². The summed E-state index contributed by atoms with van der Waals surface area (Å²) >= 11 is 1.41. The molecule has 128 valence electrons. The minimum absolute atomic E-state index is 0.232. The monoisotopic (exact) mass is 352 g/mol. The van der Waals surface area contributed by atoms with Crippen LogP contribution in [0.1, 0.15) is 37.5 Å². The Kier molecular flexibility index (Phi) is 5.46. The summed E-state index contributed by atoms with van der Waals surface area (Å²) in [5, 5.41) is 5.30. The van der Waals surface area contributed by atoms with E-state index in [1.165, 1.54) is 23.0 Å². The summed E-state index contributed by atoms with van der Waals surface area (Å²) in [6.07, 6.45) is 5.74. The highest BCUT2D eigenvalue weighted by atomic mass is 32.1. The molecule has 1 aromatic carbocycles. The van der Waals surface area contributed by atoms with Gasteiger partial charge in [0.2, 0.25) is 5.91 Å². The third-order valence-electron chi connectivity index (χ3n) is 4.06. The molecule has 5 heteroatoms. The molecular weight excluding hydrogens is 332 g/mol. The summed E-state index contributed by atoms with van der Waals surface area (Å²) in [7, 11) is 0. The largest absolute Gasteiger partial charge is 0.465 e. The van der Waals surface area contributed by atoms with Gasteiger partial charge in [0.25, 0.3) is 0 Å². The molecule has 0 saturated heterocycles. The van der Waals surface area contributed by atoms with Gasteiger partial charge in [-0.05, 0) is 36.1 Å². The molecule has 2 heterocycles. The number of carbonyl (C=O) groups is 1. The normalized spacial score (nSPS) is 12.4. The Bertz CT molecular complexity index is 848. The third-order valence-corrected chi connectivity index (χ3v) is 4.82. The fourth-order valence-corrected chi connectivity index (χ4v) is 3.10. The van der Waals surface area contributed by atoms with E-state index < -0.39 is 0 Å². The number of thiazole rings is 1. The highest BCUT2D eigenvalue weighted by Gasteiger charge is 2.08. The Labute approximate surface area is 151 Å². The van der Waals surface area contributed by atoms with Crippen LogP contribution in [-0.4, -0.2) is 10.9 Å². The molecule has 0 fully saturated rings. The van der Waals surface area contributed by atoms with Crippen molar-refractivity contribution in [3.8, 4) is 11.3 Å². The topological polar surface area (TPSA) is 55.1 Å². The van der Waals surface area contributed by atoms with Gasteiger partial charge >= 0.3 is 0 Å². The maximum absolute atomic E-state index is 11.9. The molecule has 25 heavy (non-hydrogen) atoms. The molecule has 0 spiro atoms. The van der Waals surface area contributed by atoms with E-state index in [9.17, 15) is 4.79 Å². The molecule has 1 N–H and O–H groups in total. The van der Waals surface area contributed by atoms with E-state index >= 15 is 0 Å². The number of benzene rings is 1. The fraction of sp³-hybridized carbons (Fsp3) is 0.200. The molecular formula is C20H20N2O2S. The Morgan fingerprint density at radius 2 is 2.12 bits per heavy atom. The molecule has 0 bridgehead atoms. The second-order valence-corrected chi connectivity index (χ2v) is 6.67. The molecule has 0 radical (unpaired) electrons. The summed E-state index contributed by atoms with van der Waals surface area (Å²) in [4.78, 5) is 16.4. The quantitative estimate of drug-likeness (QED) is 0.590. The number of anilines is 1. The zero-order valence-electron chi connectivity index (χ0n) is 14.2. The molecule has 1 unspecified atom stereocenters. The molecule has 0 aliphatic heterocycles. The van der Waals surface area contributed by atoms with Crippen molar-refractivity contribution < 1.29 is 9.21 Å². The van der Waals surface area contributed by atoms with E-state index in [4.69, 9.17) is 4.42 Å². The Balaban J connectivity index is 1.65. The maximum Gasteiger partial charge on any atom is 0.250 e. The molecule has 4 nitrogen and oxygen atoms in total. The maximum atomic E-state index is 11.9. The highest BCUT2D eigenvalue weighted by Crippen LogP contribution is 2.27. The van der Waals surface area contributed by atoms with Crippen LogP contribution in [0.15, 0.2) is 58.5 Å². The van der Waals surface area contributed by atoms with Crippen molar-refractivity contribution in [3.63, 3.8) is 0 Å². The van der Waals surface area contributed by atoms with Crippen LogP contribution in [0.25, 0.3) is 17.3 Å². The SMILES string of the molecule is CCC(C)c1ccc(-c2csc(NC(=O)C=Cc3ccco3)n2)cc1. The van der Waals surface area contributed by atoms with Crippen molar-refractivity contribution in [1.82, 2.24) is 4.98 Å². The van der Waals surface area contributed by atoms with Gasteiger partial charge in [-0.15, -0.1) is 11.3 Å². The Morgan fingerprint density at radius 1 is 1.32 bits per heavy atom. The van der Waals surface area contributed by atoms with E-state index in [0.717, 1.165) is 17.7 Å². The number of nitrogens with zero attached hydrogens (tertiary/aromatic N) is 1. The summed E-state index contributed by atoms with van der Waals surface area (Å²) in [6.45, 7) is 4.41. The van der Waals surface area contributed by atoms with E-state index in [-0.39, 0.29) is 5.91 Å². The molecule has 0 saturated carbocycles. The minimum Gasteiger partial charge on any atom is -0.465 e. The zero-order chi connectivity index (χ0) is 17.6. The summed E-state index contributed by atoms with van der Waals surface area (Å²) in [5.41, 5.74) is 3.25. The van der Waals surface area contributed by atoms with Crippen molar-refractivity contribution >= 4 is 28.5 Å². The second-order valence-electron chi connectivity index (χ2n) is 5.81. The van der Waals surface area contributed by atoms with Gasteiger partial charge in [0.1, 0.15) is 5.76 Å². The van der Waals surface area contributed by atoms with Crippen molar-refractivity contribution in [2.45, 2.75) is 26.2 Å². The van der Waals surface area contributed by atoms with Crippen molar-refractivity contribution in [1.29, 1.82) is 0 Å².